The molecule has 4 amide bonds. The molecule has 1 rings (SSSR count). The van der Waals surface area contributed by atoms with Crippen LogP contribution in [0, 0.1) is 13.8 Å². The monoisotopic (exact) mass is 379 g/mol. The molecule has 1 atom stereocenters. The number of benzene rings is 1. The van der Waals surface area contributed by atoms with Gasteiger partial charge in [-0.15, -0.1) is 0 Å². The first kappa shape index (κ1) is 22.6. The van der Waals surface area contributed by atoms with Crippen LogP contribution in [0.2, 0.25) is 0 Å². The quantitative estimate of drug-likeness (QED) is 0.460. The van der Waals surface area contributed by atoms with E-state index in [1.807, 2.05) is 39.0 Å². The predicted octanol–water partition coefficient (Wildman–Crippen LogP) is 0.00904. The molecule has 0 saturated carbocycles. The first-order valence-corrected chi connectivity index (χ1v) is 9.13. The Morgan fingerprint density at radius 2 is 1.81 bits per heavy atom. The molecule has 1 aromatic rings. The highest BCUT2D eigenvalue weighted by Gasteiger charge is 2.20. The van der Waals surface area contributed by atoms with Crippen molar-refractivity contribution >= 4 is 23.5 Å². The van der Waals surface area contributed by atoms with Crippen LogP contribution in [0.4, 0.5) is 10.5 Å². The Labute approximate surface area is 160 Å². The van der Waals surface area contributed by atoms with E-state index in [1.54, 1.807) is 7.11 Å². The minimum Gasteiger partial charge on any atom is -0.379 e. The van der Waals surface area contributed by atoms with Gasteiger partial charge in [0.2, 0.25) is 0 Å². The third-order valence-electron chi connectivity index (χ3n) is 4.15. The second kappa shape index (κ2) is 12.0. The van der Waals surface area contributed by atoms with Gasteiger partial charge in [0.25, 0.3) is 11.8 Å². The van der Waals surface area contributed by atoms with Crippen LogP contribution < -0.4 is 20.9 Å². The number of ether oxygens (including phenoxy) is 1. The van der Waals surface area contributed by atoms with Crippen LogP contribution in [0.25, 0.3) is 0 Å². The van der Waals surface area contributed by atoms with Gasteiger partial charge in [0, 0.05) is 19.3 Å². The van der Waals surface area contributed by atoms with Gasteiger partial charge in [-0.3, -0.25) is 14.9 Å². The van der Waals surface area contributed by atoms with Crippen molar-refractivity contribution in [2.24, 2.45) is 0 Å². The maximum atomic E-state index is 12.4. The number of aryl methyl sites for hydroxylation is 1. The average molecular weight is 379 g/mol. The van der Waals surface area contributed by atoms with Gasteiger partial charge in [-0.25, -0.2) is 4.79 Å². The zero-order chi connectivity index (χ0) is 20.2. The number of carbonyl (C=O) groups is 3. The van der Waals surface area contributed by atoms with Gasteiger partial charge in [0.1, 0.15) is 6.54 Å². The number of methoxy groups -OCH3 is 1. The minimum absolute atomic E-state index is 0.00310. The first-order chi connectivity index (χ1) is 12.9. The number of rotatable bonds is 10. The summed E-state index contributed by atoms with van der Waals surface area (Å²) in [5.41, 5.74) is 2.86. The lowest BCUT2D eigenvalue weighted by atomic mass is 10.1. The molecule has 1 aromatic carbocycles. The minimum atomic E-state index is -0.521. The van der Waals surface area contributed by atoms with E-state index in [0.29, 0.717) is 24.6 Å². The summed E-state index contributed by atoms with van der Waals surface area (Å²) in [5, 5.41) is 7.75. The number of anilines is 1. The number of urea groups is 1. The van der Waals surface area contributed by atoms with E-state index in [9.17, 15) is 14.4 Å². The van der Waals surface area contributed by atoms with Gasteiger partial charge in [-0.2, -0.15) is 0 Å². The highest BCUT2D eigenvalue weighted by atomic mass is 16.5. The normalized spacial score (nSPS) is 11.6. The molecular weight excluding hydrogens is 348 g/mol. The third kappa shape index (κ3) is 8.65. The van der Waals surface area contributed by atoms with Crippen LogP contribution in [0.5, 0.6) is 0 Å². The number of carbonyl (C=O) groups excluding carboxylic acids is 3. The maximum Gasteiger partial charge on any atom is 0.321 e. The molecule has 0 bridgehead atoms. The molecule has 0 aromatic heterocycles. The van der Waals surface area contributed by atoms with E-state index in [0.717, 1.165) is 23.2 Å². The topological polar surface area (TPSA) is 101 Å². The zero-order valence-corrected chi connectivity index (χ0v) is 16.6. The molecule has 4 N–H and O–H groups in total. The number of quaternary nitrogens is 1. The van der Waals surface area contributed by atoms with Gasteiger partial charge < -0.3 is 20.3 Å². The van der Waals surface area contributed by atoms with E-state index in [2.05, 4.69) is 16.0 Å². The largest absolute Gasteiger partial charge is 0.379 e. The second-order valence-electron chi connectivity index (χ2n) is 6.45. The predicted molar refractivity (Wildman–Crippen MR) is 104 cm³/mol. The van der Waals surface area contributed by atoms with Crippen molar-refractivity contribution in [1.29, 1.82) is 0 Å². The van der Waals surface area contributed by atoms with Gasteiger partial charge in [0.05, 0.1) is 6.61 Å². The van der Waals surface area contributed by atoms with Crippen molar-refractivity contribution in [2.45, 2.75) is 27.2 Å². The molecule has 0 aliphatic carbocycles. The number of amides is 4. The summed E-state index contributed by atoms with van der Waals surface area (Å²) in [6.07, 6.45) is 0.783. The van der Waals surface area contributed by atoms with E-state index in [4.69, 9.17) is 4.74 Å². The summed E-state index contributed by atoms with van der Waals surface area (Å²) in [6.45, 7) is 7.33. The Hall–Kier alpha value is -2.45. The fourth-order valence-electron chi connectivity index (χ4n) is 2.47. The van der Waals surface area contributed by atoms with Crippen molar-refractivity contribution in [2.75, 3.05) is 45.2 Å². The number of hydrogen-bond acceptors (Lipinski definition) is 4. The van der Waals surface area contributed by atoms with Crippen LogP contribution >= 0.6 is 0 Å². The summed E-state index contributed by atoms with van der Waals surface area (Å²) < 4.78 is 5.06. The summed E-state index contributed by atoms with van der Waals surface area (Å²) in [6, 6.07) is 5.19. The van der Waals surface area contributed by atoms with Crippen LogP contribution in [0.1, 0.15) is 24.5 Å². The molecule has 8 heteroatoms. The van der Waals surface area contributed by atoms with Crippen molar-refractivity contribution in [3.05, 3.63) is 29.3 Å². The average Bonchev–Trinajstić information content (AvgIpc) is 2.61. The number of nitrogens with one attached hydrogen (secondary N) is 4. The lowest BCUT2D eigenvalue weighted by molar-refractivity contribution is -0.884. The third-order valence-corrected chi connectivity index (χ3v) is 4.15. The fourth-order valence-corrected chi connectivity index (χ4v) is 2.47. The molecule has 0 fully saturated rings. The number of imide groups is 1. The molecule has 8 nitrogen and oxygen atoms in total. The smallest absolute Gasteiger partial charge is 0.321 e. The van der Waals surface area contributed by atoms with Crippen molar-refractivity contribution < 1.29 is 24.0 Å². The molecule has 0 radical (unpaired) electrons. The maximum absolute atomic E-state index is 12.4. The molecule has 0 saturated heterocycles. The van der Waals surface area contributed by atoms with E-state index < -0.39 is 11.9 Å². The number of hydrogen-bond donors (Lipinski definition) is 4. The summed E-state index contributed by atoms with van der Waals surface area (Å²) in [5.74, 6) is -0.632. The molecule has 0 spiro atoms. The molecule has 150 valence electrons. The summed E-state index contributed by atoms with van der Waals surface area (Å²) in [4.78, 5) is 36.8. The Balaban J connectivity index is 2.62. The fraction of sp³-hybridized carbons (Fsp3) is 0.526. The van der Waals surface area contributed by atoms with Crippen molar-refractivity contribution in [3.63, 3.8) is 0 Å². The van der Waals surface area contributed by atoms with Gasteiger partial charge >= 0.3 is 6.03 Å². The molecule has 0 aliphatic rings. The molecular formula is C19H31N4O4+. The lowest BCUT2D eigenvalue weighted by Crippen LogP contribution is -3.14. The Kier molecular flexibility index (Phi) is 10.1. The van der Waals surface area contributed by atoms with Crippen molar-refractivity contribution in [1.82, 2.24) is 10.6 Å². The summed E-state index contributed by atoms with van der Waals surface area (Å²) in [7, 11) is 1.56. The van der Waals surface area contributed by atoms with Crippen LogP contribution in [0.15, 0.2) is 18.2 Å². The molecule has 0 aliphatic heterocycles. The molecule has 27 heavy (non-hydrogen) atoms. The van der Waals surface area contributed by atoms with E-state index >= 15 is 0 Å². The van der Waals surface area contributed by atoms with Crippen LogP contribution in [0.3, 0.4) is 0 Å². The van der Waals surface area contributed by atoms with E-state index in [-0.39, 0.29) is 19.0 Å². The summed E-state index contributed by atoms with van der Waals surface area (Å²) >= 11 is 0. The highest BCUT2D eigenvalue weighted by molar-refractivity contribution is 5.95. The first-order valence-electron chi connectivity index (χ1n) is 9.13. The lowest BCUT2D eigenvalue weighted by Gasteiger charge is -2.19. The van der Waals surface area contributed by atoms with Gasteiger partial charge in [0.15, 0.2) is 13.1 Å². The van der Waals surface area contributed by atoms with Crippen LogP contribution in [-0.2, 0) is 14.3 Å². The SMILES string of the molecule is CCCNC(=O)NC(=O)C[NH+](CCOC)CC(=O)Nc1cccc(C)c1C. The molecule has 0 heterocycles. The highest BCUT2D eigenvalue weighted by Crippen LogP contribution is 2.17. The van der Waals surface area contributed by atoms with Gasteiger partial charge in [-0.1, -0.05) is 19.1 Å². The zero-order valence-electron chi connectivity index (χ0n) is 16.6. The Morgan fingerprint density at radius 3 is 2.48 bits per heavy atom. The van der Waals surface area contributed by atoms with E-state index in [1.165, 1.54) is 0 Å². The Bertz CT molecular complexity index is 649. The van der Waals surface area contributed by atoms with Gasteiger partial charge in [-0.05, 0) is 37.5 Å². The molecule has 1 unspecified atom stereocenters. The van der Waals surface area contributed by atoms with Crippen LogP contribution in [-0.4, -0.2) is 57.7 Å². The van der Waals surface area contributed by atoms with Crippen molar-refractivity contribution in [3.8, 4) is 0 Å². The standard InChI is InChI=1S/C19H30N4O4/c1-5-9-20-19(26)22-18(25)13-23(10-11-27-4)12-17(24)21-16-8-6-7-14(2)15(16)3/h6-8H,5,9-13H2,1-4H3,(H,21,24)(H2,20,22,25,26)/p+1. The Morgan fingerprint density at radius 1 is 1.11 bits per heavy atom. The second-order valence-corrected chi connectivity index (χ2v) is 6.45.